The van der Waals surface area contributed by atoms with Crippen LogP contribution in [0, 0.1) is 11.3 Å². The quantitative estimate of drug-likeness (QED) is 0.202. The van der Waals surface area contributed by atoms with E-state index in [1.807, 2.05) is 0 Å². The van der Waals surface area contributed by atoms with Gasteiger partial charge in [-0.25, -0.2) is 0 Å². The summed E-state index contributed by atoms with van der Waals surface area (Å²) in [5, 5.41) is 12.0. The highest BCUT2D eigenvalue weighted by atomic mass is 14.4. The molecule has 252 valence electrons. The van der Waals surface area contributed by atoms with E-state index in [-0.39, 0.29) is 5.41 Å². The monoisotopic (exact) mass is 652 g/mol. The van der Waals surface area contributed by atoms with E-state index in [1.165, 1.54) is 82.5 Å². The molecule has 6 aliphatic rings. The van der Waals surface area contributed by atoms with Gasteiger partial charge in [-0.1, -0.05) is 120 Å². The summed E-state index contributed by atoms with van der Waals surface area (Å²) in [6.45, 7) is 14.3. The second kappa shape index (κ2) is 10.8. The van der Waals surface area contributed by atoms with Crippen LogP contribution in [0.2, 0.25) is 0 Å². The zero-order chi connectivity index (χ0) is 34.1. The molecule has 0 heteroatoms. The van der Waals surface area contributed by atoms with Gasteiger partial charge in [0.25, 0.3) is 0 Å². The van der Waals surface area contributed by atoms with E-state index in [1.54, 1.807) is 55.0 Å². The van der Waals surface area contributed by atoms with E-state index in [0.29, 0.717) is 23.2 Å². The van der Waals surface area contributed by atoms with E-state index in [9.17, 15) is 0 Å². The molecular weight excluding hydrogens is 601 g/mol. The molecule has 0 nitrogen and oxygen atoms in total. The zero-order valence-corrected chi connectivity index (χ0v) is 31.1. The largest absolute Gasteiger partial charge is 0.0760 e. The molecule has 3 atom stereocenters. The summed E-state index contributed by atoms with van der Waals surface area (Å²) in [4.78, 5) is 0. The van der Waals surface area contributed by atoms with Gasteiger partial charge in [-0.2, -0.15) is 0 Å². The minimum atomic E-state index is 0.163. The first kappa shape index (κ1) is 30.9. The van der Waals surface area contributed by atoms with Crippen LogP contribution in [0.1, 0.15) is 133 Å². The van der Waals surface area contributed by atoms with Crippen LogP contribution >= 0.6 is 0 Å². The minimum Gasteiger partial charge on any atom is -0.0760 e. The molecule has 0 bridgehead atoms. The van der Waals surface area contributed by atoms with Crippen LogP contribution in [0.3, 0.4) is 0 Å². The summed E-state index contributed by atoms with van der Waals surface area (Å²) >= 11 is 0. The molecule has 0 spiro atoms. The molecular formula is C50H52. The third kappa shape index (κ3) is 4.69. The Morgan fingerprint density at radius 2 is 1.36 bits per heavy atom. The Bertz CT molecular complexity index is 2530. The standard InChI is InChI=1S/C50H52/c1-49(2,3)39-25-35-13-7-29-15-19-41(43-21-17-37(27-39)45(35)47(29)43)33-11-9-32-24-34(12-10-31(32)23-33)42-20-16-30-8-14-36-26-40(50(4,5)6)28-38-18-22-44(42)48(30)46(36)38/h7,13-15,18-19,21-26,28,30,37,39H,8-12,16-17,20,27H2,1-6H3. The number of hydrogen-bond acceptors (Lipinski definition) is 0. The van der Waals surface area contributed by atoms with E-state index in [2.05, 4.69) is 120 Å². The van der Waals surface area contributed by atoms with Gasteiger partial charge in [0.1, 0.15) is 0 Å². The van der Waals surface area contributed by atoms with E-state index in [4.69, 9.17) is 0 Å². The molecule has 0 amide bonds. The first-order valence-corrected chi connectivity index (χ1v) is 19.7. The van der Waals surface area contributed by atoms with Gasteiger partial charge in [0, 0.05) is 0 Å². The van der Waals surface area contributed by atoms with Crippen molar-refractivity contribution in [2.75, 3.05) is 0 Å². The molecule has 6 aliphatic carbocycles. The normalized spacial score (nSPS) is 23.9. The molecule has 0 heterocycles. The number of benzene rings is 4. The highest BCUT2D eigenvalue weighted by molar-refractivity contribution is 5.94. The second-order valence-electron chi connectivity index (χ2n) is 18.7. The van der Waals surface area contributed by atoms with Gasteiger partial charge in [0.2, 0.25) is 0 Å². The average molecular weight is 653 g/mol. The Morgan fingerprint density at radius 1 is 0.620 bits per heavy atom. The van der Waals surface area contributed by atoms with Crippen LogP contribution in [0.5, 0.6) is 0 Å². The molecule has 10 rings (SSSR count). The zero-order valence-electron chi connectivity index (χ0n) is 31.1. The maximum atomic E-state index is 2.64. The molecule has 4 aromatic carbocycles. The lowest BCUT2D eigenvalue weighted by molar-refractivity contribution is 0.274. The van der Waals surface area contributed by atoms with E-state index in [0.717, 1.165) is 12.8 Å². The molecule has 0 fully saturated rings. The molecule has 0 aromatic heterocycles. The molecule has 50 heavy (non-hydrogen) atoms. The van der Waals surface area contributed by atoms with Crippen molar-refractivity contribution in [3.63, 3.8) is 0 Å². The Kier molecular flexibility index (Phi) is 6.67. The Hall–Kier alpha value is -3.90. The van der Waals surface area contributed by atoms with Gasteiger partial charge in [-0.05, 0) is 179 Å². The summed E-state index contributed by atoms with van der Waals surface area (Å²) in [6, 6.07) is 19.6. The fourth-order valence-electron chi connectivity index (χ4n) is 10.8. The molecule has 3 unspecified atom stereocenters. The van der Waals surface area contributed by atoms with Gasteiger partial charge in [-0.3, -0.25) is 0 Å². The van der Waals surface area contributed by atoms with Crippen LogP contribution < -0.4 is 20.9 Å². The fourth-order valence-corrected chi connectivity index (χ4v) is 10.8. The summed E-state index contributed by atoms with van der Waals surface area (Å²) in [6.07, 6.45) is 23.8. The van der Waals surface area contributed by atoms with Crippen LogP contribution in [-0.4, -0.2) is 0 Å². The molecule has 0 aliphatic heterocycles. The fraction of sp³-hybridized carbons (Fsp3) is 0.400. The summed E-state index contributed by atoms with van der Waals surface area (Å²) in [5.74, 6) is 1.96. The highest BCUT2D eigenvalue weighted by Gasteiger charge is 2.33. The number of hydrogen-bond donors (Lipinski definition) is 0. The number of allylic oxidation sites excluding steroid dienone is 6. The lowest BCUT2D eigenvalue weighted by Gasteiger charge is -2.37. The van der Waals surface area contributed by atoms with Crippen molar-refractivity contribution in [2.24, 2.45) is 11.3 Å². The van der Waals surface area contributed by atoms with Gasteiger partial charge in [0.05, 0.1) is 0 Å². The SMILES string of the molecule is CC(C)(C)c1cc2c3c4c(ccc3c1)=C(C1=CC3=C(C=C(c5ccc6ccc7c8c6c5=CCC8CC(C(C)(C)C)C=7)CC3)CC1)CCC4CC=2. The highest BCUT2D eigenvalue weighted by Crippen LogP contribution is 2.45. The molecule has 0 N–H and O–H groups in total. The van der Waals surface area contributed by atoms with Crippen molar-refractivity contribution in [1.82, 2.24) is 0 Å². The summed E-state index contributed by atoms with van der Waals surface area (Å²) in [5.41, 5.74) is 14.7. The van der Waals surface area contributed by atoms with Crippen molar-refractivity contribution in [1.29, 1.82) is 0 Å². The lowest BCUT2D eigenvalue weighted by atomic mass is 9.68. The predicted molar refractivity (Wildman–Crippen MR) is 215 cm³/mol. The van der Waals surface area contributed by atoms with Crippen molar-refractivity contribution >= 4 is 50.9 Å². The van der Waals surface area contributed by atoms with Gasteiger partial charge in [0.15, 0.2) is 0 Å². The Morgan fingerprint density at radius 3 is 2.16 bits per heavy atom. The first-order chi connectivity index (χ1) is 24.0. The molecule has 0 saturated carbocycles. The van der Waals surface area contributed by atoms with Crippen molar-refractivity contribution in [3.05, 3.63) is 121 Å². The van der Waals surface area contributed by atoms with Crippen LogP contribution in [0.15, 0.2) is 77.4 Å². The lowest BCUT2D eigenvalue weighted by Crippen LogP contribution is -2.33. The van der Waals surface area contributed by atoms with Gasteiger partial charge in [-0.15, -0.1) is 0 Å². The minimum absolute atomic E-state index is 0.163. The van der Waals surface area contributed by atoms with Crippen LogP contribution in [0.4, 0.5) is 0 Å². The van der Waals surface area contributed by atoms with Crippen molar-refractivity contribution < 1.29 is 0 Å². The molecule has 0 radical (unpaired) electrons. The average Bonchev–Trinajstić information content (AvgIpc) is 3.11. The maximum absolute atomic E-state index is 2.64. The van der Waals surface area contributed by atoms with Crippen LogP contribution in [0.25, 0.3) is 50.9 Å². The first-order valence-electron chi connectivity index (χ1n) is 19.7. The third-order valence-electron chi connectivity index (χ3n) is 13.7. The predicted octanol–water partition coefficient (Wildman–Crippen LogP) is 10.5. The number of rotatable bonds is 2. The summed E-state index contributed by atoms with van der Waals surface area (Å²) in [7, 11) is 0. The third-order valence-corrected chi connectivity index (χ3v) is 13.7. The maximum Gasteiger partial charge on any atom is -0.00676 e. The summed E-state index contributed by atoms with van der Waals surface area (Å²) < 4.78 is 0. The molecule has 4 aromatic rings. The van der Waals surface area contributed by atoms with E-state index >= 15 is 0 Å². The smallest absolute Gasteiger partial charge is 0.00676 e. The Labute approximate surface area is 298 Å². The van der Waals surface area contributed by atoms with Crippen molar-refractivity contribution in [2.45, 2.75) is 117 Å². The topological polar surface area (TPSA) is 0 Å². The Balaban J connectivity index is 1.05. The second-order valence-corrected chi connectivity index (χ2v) is 18.7. The van der Waals surface area contributed by atoms with Crippen molar-refractivity contribution in [3.8, 4) is 0 Å². The van der Waals surface area contributed by atoms with E-state index < -0.39 is 0 Å². The van der Waals surface area contributed by atoms with Crippen LogP contribution in [-0.2, 0) is 5.41 Å². The molecule has 0 saturated heterocycles. The van der Waals surface area contributed by atoms with Gasteiger partial charge < -0.3 is 0 Å². The van der Waals surface area contributed by atoms with Gasteiger partial charge >= 0.3 is 0 Å².